The van der Waals surface area contributed by atoms with E-state index in [1.54, 1.807) is 20.8 Å². The van der Waals surface area contributed by atoms with Crippen molar-refractivity contribution in [1.29, 1.82) is 0 Å². The third kappa shape index (κ3) is 6.78. The molecular formula is C25H29F5N2O4S. The summed E-state index contributed by atoms with van der Waals surface area (Å²) < 4.78 is 104. The van der Waals surface area contributed by atoms with E-state index in [4.69, 9.17) is 4.74 Å². The molecule has 1 fully saturated rings. The second-order valence-corrected chi connectivity index (χ2v) is 11.9. The zero-order valence-corrected chi connectivity index (χ0v) is 21.6. The summed E-state index contributed by atoms with van der Waals surface area (Å²) in [4.78, 5) is 13.5. The van der Waals surface area contributed by atoms with Crippen LogP contribution in [0.4, 0.5) is 26.7 Å². The van der Waals surface area contributed by atoms with Crippen molar-refractivity contribution in [2.75, 3.05) is 12.3 Å². The molecule has 2 atom stereocenters. The lowest BCUT2D eigenvalue weighted by molar-refractivity contribution is -0.0122. The van der Waals surface area contributed by atoms with E-state index < -0.39 is 70.7 Å². The van der Waals surface area contributed by atoms with Crippen LogP contribution in [0.5, 0.6) is 0 Å². The Bertz CT molecular complexity index is 1250. The van der Waals surface area contributed by atoms with E-state index >= 15 is 13.2 Å². The van der Waals surface area contributed by atoms with Gasteiger partial charge in [0.05, 0.1) is 18.3 Å². The number of halogens is 5. The molecule has 0 unspecified atom stereocenters. The molecular weight excluding hydrogens is 519 g/mol. The van der Waals surface area contributed by atoms with Crippen molar-refractivity contribution < 1.29 is 39.9 Å². The Morgan fingerprint density at radius 1 is 1.19 bits per heavy atom. The SMILES string of the molecule is CCS(=O)(=O)N[C@@H]1[C@H](Cc2cccc(-c3cccc(C(F)F)c3)c2F)N(C(=O)OC(C)(C)C)CC1(F)F. The first-order chi connectivity index (χ1) is 17.0. The quantitative estimate of drug-likeness (QED) is 0.462. The summed E-state index contributed by atoms with van der Waals surface area (Å²) >= 11 is 0. The molecule has 0 saturated carbocycles. The number of rotatable bonds is 7. The molecule has 1 N–H and O–H groups in total. The molecule has 2 aromatic rings. The Balaban J connectivity index is 2.05. The standard InChI is InChI=1S/C25H29F5N2O4S/c1-5-37(34,35)31-21-19(32(14-25(21,29)30)23(33)36-24(2,3)4)13-16-9-7-11-18(20(16)26)15-8-6-10-17(12-15)22(27)28/h6-12,19,21-22,31H,5,13-14H2,1-4H3/t19-,21+/m0/s1. The van der Waals surface area contributed by atoms with Gasteiger partial charge in [-0.05, 0) is 51.3 Å². The minimum absolute atomic E-state index is 0.0423. The van der Waals surface area contributed by atoms with Crippen molar-refractivity contribution in [1.82, 2.24) is 9.62 Å². The van der Waals surface area contributed by atoms with Gasteiger partial charge in [-0.1, -0.05) is 36.4 Å². The molecule has 0 spiro atoms. The summed E-state index contributed by atoms with van der Waals surface area (Å²) in [5, 5.41) is 0. The van der Waals surface area contributed by atoms with Gasteiger partial charge < -0.3 is 4.74 Å². The first kappa shape index (κ1) is 28.8. The highest BCUT2D eigenvalue weighted by Crippen LogP contribution is 2.37. The van der Waals surface area contributed by atoms with Gasteiger partial charge in [-0.3, -0.25) is 4.90 Å². The van der Waals surface area contributed by atoms with Crippen LogP contribution in [0.2, 0.25) is 0 Å². The highest BCUT2D eigenvalue weighted by molar-refractivity contribution is 7.89. The third-order valence-corrected chi connectivity index (χ3v) is 7.27. The molecule has 0 radical (unpaired) electrons. The number of hydrogen-bond acceptors (Lipinski definition) is 4. The largest absolute Gasteiger partial charge is 0.444 e. The second kappa shape index (κ2) is 10.6. The second-order valence-electron chi connectivity index (χ2n) is 9.84. The summed E-state index contributed by atoms with van der Waals surface area (Å²) in [7, 11) is -4.13. The molecule has 3 rings (SSSR count). The molecule has 0 aliphatic carbocycles. The van der Waals surface area contributed by atoms with Crippen molar-refractivity contribution in [2.24, 2.45) is 0 Å². The van der Waals surface area contributed by atoms with Crippen LogP contribution in [-0.4, -0.2) is 55.3 Å². The average Bonchev–Trinajstić information content (AvgIpc) is 3.03. The zero-order valence-electron chi connectivity index (χ0n) is 20.8. The number of amides is 1. The van der Waals surface area contributed by atoms with Crippen LogP contribution in [0.15, 0.2) is 42.5 Å². The van der Waals surface area contributed by atoms with Gasteiger partial charge >= 0.3 is 6.09 Å². The first-order valence-electron chi connectivity index (χ1n) is 11.6. The van der Waals surface area contributed by atoms with Crippen LogP contribution < -0.4 is 4.72 Å². The lowest BCUT2D eigenvalue weighted by atomic mass is 9.95. The first-order valence-corrected chi connectivity index (χ1v) is 13.2. The summed E-state index contributed by atoms with van der Waals surface area (Å²) in [5.41, 5.74) is -1.33. The van der Waals surface area contributed by atoms with Crippen molar-refractivity contribution in [3.05, 3.63) is 59.4 Å². The fraction of sp³-hybridized carbons (Fsp3) is 0.480. The summed E-state index contributed by atoms with van der Waals surface area (Å²) in [6.07, 6.45) is -4.36. The lowest BCUT2D eigenvalue weighted by Crippen LogP contribution is -2.53. The molecule has 0 aromatic heterocycles. The fourth-order valence-corrected chi connectivity index (χ4v) is 5.00. The van der Waals surface area contributed by atoms with E-state index in [2.05, 4.69) is 0 Å². The van der Waals surface area contributed by atoms with Crippen molar-refractivity contribution in [2.45, 2.75) is 64.1 Å². The molecule has 1 saturated heterocycles. The highest BCUT2D eigenvalue weighted by atomic mass is 32.2. The number of benzene rings is 2. The van der Waals surface area contributed by atoms with E-state index in [1.165, 1.54) is 43.3 Å². The minimum Gasteiger partial charge on any atom is -0.444 e. The minimum atomic E-state index is -4.13. The van der Waals surface area contributed by atoms with Gasteiger partial charge in [0.1, 0.15) is 17.5 Å². The number of ether oxygens (including phenoxy) is 1. The highest BCUT2D eigenvalue weighted by Gasteiger charge is 2.57. The van der Waals surface area contributed by atoms with E-state index in [9.17, 15) is 22.0 Å². The van der Waals surface area contributed by atoms with Crippen molar-refractivity contribution in [3.8, 4) is 11.1 Å². The molecule has 12 heteroatoms. The summed E-state index contributed by atoms with van der Waals surface area (Å²) in [6, 6.07) is 5.66. The number of likely N-dealkylation sites (tertiary alicyclic amines) is 1. The number of sulfonamides is 1. The van der Waals surface area contributed by atoms with Crippen LogP contribution in [0.1, 0.15) is 45.2 Å². The number of carbonyl (C=O) groups excluding carboxylic acids is 1. The van der Waals surface area contributed by atoms with Crippen molar-refractivity contribution >= 4 is 16.1 Å². The van der Waals surface area contributed by atoms with E-state index in [1.807, 2.05) is 4.72 Å². The van der Waals surface area contributed by atoms with Crippen LogP contribution in [0.25, 0.3) is 11.1 Å². The third-order valence-electron chi connectivity index (χ3n) is 5.89. The molecule has 0 bridgehead atoms. The van der Waals surface area contributed by atoms with Gasteiger partial charge in [-0.15, -0.1) is 0 Å². The van der Waals surface area contributed by atoms with Gasteiger partial charge in [0.2, 0.25) is 10.0 Å². The maximum Gasteiger partial charge on any atom is 0.410 e. The average molecular weight is 549 g/mol. The number of nitrogens with one attached hydrogen (secondary N) is 1. The Labute approximate surface area is 212 Å². The number of alkyl halides is 4. The van der Waals surface area contributed by atoms with E-state index in [0.717, 1.165) is 6.07 Å². The summed E-state index contributed by atoms with van der Waals surface area (Å²) in [5.74, 6) is -5.02. The van der Waals surface area contributed by atoms with Gasteiger partial charge in [0.15, 0.2) is 0 Å². The molecule has 1 amide bonds. The summed E-state index contributed by atoms with van der Waals surface area (Å²) in [6.45, 7) is 4.76. The van der Waals surface area contributed by atoms with Gasteiger partial charge in [-0.25, -0.2) is 39.9 Å². The number of carbonyl (C=O) groups is 1. The Kier molecular flexibility index (Phi) is 8.23. The van der Waals surface area contributed by atoms with Crippen LogP contribution in [0.3, 0.4) is 0 Å². The van der Waals surface area contributed by atoms with Gasteiger partial charge in [0.25, 0.3) is 12.3 Å². The Morgan fingerprint density at radius 2 is 1.84 bits per heavy atom. The monoisotopic (exact) mass is 548 g/mol. The Morgan fingerprint density at radius 3 is 2.43 bits per heavy atom. The van der Waals surface area contributed by atoms with Crippen molar-refractivity contribution in [3.63, 3.8) is 0 Å². The maximum atomic E-state index is 15.6. The molecule has 37 heavy (non-hydrogen) atoms. The number of nitrogens with zero attached hydrogens (tertiary/aromatic N) is 1. The van der Waals surface area contributed by atoms with Gasteiger partial charge in [-0.2, -0.15) is 0 Å². The predicted molar refractivity (Wildman–Crippen MR) is 129 cm³/mol. The van der Waals surface area contributed by atoms with Gasteiger partial charge in [0, 0.05) is 11.1 Å². The normalized spacial score (nSPS) is 19.9. The van der Waals surface area contributed by atoms with Crippen LogP contribution in [-0.2, 0) is 21.2 Å². The topological polar surface area (TPSA) is 75.7 Å². The molecule has 6 nitrogen and oxygen atoms in total. The molecule has 204 valence electrons. The molecule has 1 aliphatic rings. The van der Waals surface area contributed by atoms with E-state index in [0.29, 0.717) is 4.90 Å². The predicted octanol–water partition coefficient (Wildman–Crippen LogP) is 5.54. The molecule has 1 aliphatic heterocycles. The van der Waals surface area contributed by atoms with Crippen LogP contribution in [0, 0.1) is 5.82 Å². The molecule has 2 aromatic carbocycles. The fourth-order valence-electron chi connectivity index (χ4n) is 4.12. The lowest BCUT2D eigenvalue weighted by Gasteiger charge is -2.30. The Hall–Kier alpha value is -2.73. The smallest absolute Gasteiger partial charge is 0.410 e. The van der Waals surface area contributed by atoms with E-state index in [-0.39, 0.29) is 22.3 Å². The van der Waals surface area contributed by atoms with Crippen LogP contribution >= 0.6 is 0 Å². The number of hydrogen-bond donors (Lipinski definition) is 1. The molecule has 1 heterocycles. The zero-order chi connectivity index (χ0) is 27.8. The maximum absolute atomic E-state index is 15.6.